The van der Waals surface area contributed by atoms with E-state index in [4.69, 9.17) is 0 Å². The third kappa shape index (κ3) is 2.75. The molecule has 0 radical (unpaired) electrons. The molecule has 1 aromatic heterocycles. The zero-order valence-corrected chi connectivity index (χ0v) is 13.3. The fourth-order valence-electron chi connectivity index (χ4n) is 3.02. The summed E-state index contributed by atoms with van der Waals surface area (Å²) < 4.78 is 40.9. The number of aromatic nitrogens is 2. The fourth-order valence-corrected chi connectivity index (χ4v) is 3.02. The van der Waals surface area contributed by atoms with Gasteiger partial charge < -0.3 is 5.32 Å². The molecule has 0 fully saturated rings. The third-order valence-corrected chi connectivity index (χ3v) is 4.31. The number of hydrogen-bond donors (Lipinski definition) is 1. The molecular formula is C16H14F3N3O3. The Bertz CT molecular complexity index is 989. The molecule has 1 aliphatic rings. The van der Waals surface area contributed by atoms with Gasteiger partial charge in [-0.15, -0.1) is 0 Å². The van der Waals surface area contributed by atoms with Crippen LogP contribution in [0.2, 0.25) is 0 Å². The van der Waals surface area contributed by atoms with E-state index in [1.807, 2.05) is 0 Å². The smallest absolute Gasteiger partial charge is 0.312 e. The number of benzene rings is 1. The van der Waals surface area contributed by atoms with Gasteiger partial charge in [0.1, 0.15) is 5.82 Å². The predicted octanol–water partition coefficient (Wildman–Crippen LogP) is 1.58. The molecule has 0 bridgehead atoms. The second-order valence-corrected chi connectivity index (χ2v) is 5.90. The van der Waals surface area contributed by atoms with Crippen molar-refractivity contribution in [3.63, 3.8) is 0 Å². The molecule has 132 valence electrons. The maximum atomic E-state index is 13.0. The Morgan fingerprint density at radius 3 is 2.44 bits per heavy atom. The second kappa shape index (κ2) is 5.61. The summed E-state index contributed by atoms with van der Waals surface area (Å²) in [7, 11) is 2.67. The molecule has 25 heavy (non-hydrogen) atoms. The second-order valence-electron chi connectivity index (χ2n) is 5.90. The number of rotatable bonds is 1. The number of nitrogens with zero attached hydrogens (tertiary/aromatic N) is 2. The minimum atomic E-state index is -4.54. The number of amides is 1. The Morgan fingerprint density at radius 2 is 1.80 bits per heavy atom. The minimum absolute atomic E-state index is 0.0201. The molecule has 1 aliphatic heterocycles. The van der Waals surface area contributed by atoms with Crippen LogP contribution >= 0.6 is 0 Å². The van der Waals surface area contributed by atoms with Gasteiger partial charge in [0.25, 0.3) is 5.56 Å². The van der Waals surface area contributed by atoms with Gasteiger partial charge in [-0.1, -0.05) is 18.2 Å². The Kier molecular flexibility index (Phi) is 3.81. The molecule has 1 aromatic carbocycles. The summed E-state index contributed by atoms with van der Waals surface area (Å²) >= 11 is 0. The lowest BCUT2D eigenvalue weighted by Gasteiger charge is -2.27. The highest BCUT2D eigenvalue weighted by Gasteiger charge is 2.35. The van der Waals surface area contributed by atoms with Crippen LogP contribution in [0.5, 0.6) is 0 Å². The molecule has 9 heteroatoms. The molecule has 1 atom stereocenters. The van der Waals surface area contributed by atoms with E-state index < -0.39 is 34.8 Å². The van der Waals surface area contributed by atoms with Crippen molar-refractivity contribution in [3.8, 4) is 0 Å². The number of hydrogen-bond acceptors (Lipinski definition) is 3. The summed E-state index contributed by atoms with van der Waals surface area (Å²) in [6.07, 6.45) is -4.72. The summed E-state index contributed by atoms with van der Waals surface area (Å²) in [5, 5.41) is 2.47. The number of carbonyl (C=O) groups excluding carboxylic acids is 1. The van der Waals surface area contributed by atoms with Gasteiger partial charge in [-0.25, -0.2) is 4.79 Å². The molecular weight excluding hydrogens is 339 g/mol. The monoisotopic (exact) mass is 353 g/mol. The zero-order chi connectivity index (χ0) is 18.5. The number of nitrogens with one attached hydrogen (secondary N) is 1. The van der Waals surface area contributed by atoms with Crippen LogP contribution in [0.15, 0.2) is 33.9 Å². The van der Waals surface area contributed by atoms with Crippen molar-refractivity contribution in [2.45, 2.75) is 18.5 Å². The molecule has 0 aliphatic carbocycles. The van der Waals surface area contributed by atoms with Crippen LogP contribution in [0.4, 0.5) is 19.0 Å². The van der Waals surface area contributed by atoms with Crippen LogP contribution in [-0.2, 0) is 25.1 Å². The van der Waals surface area contributed by atoms with Crippen molar-refractivity contribution in [2.24, 2.45) is 14.1 Å². The van der Waals surface area contributed by atoms with Gasteiger partial charge in [-0.2, -0.15) is 13.2 Å². The van der Waals surface area contributed by atoms with Gasteiger partial charge in [0, 0.05) is 26.4 Å². The Labute approximate surface area is 139 Å². The van der Waals surface area contributed by atoms with E-state index >= 15 is 0 Å². The van der Waals surface area contributed by atoms with Crippen molar-refractivity contribution in [3.05, 3.63) is 61.8 Å². The molecule has 1 amide bonds. The topological polar surface area (TPSA) is 73.1 Å². The molecule has 3 rings (SSSR count). The summed E-state index contributed by atoms with van der Waals surface area (Å²) in [6, 6.07) is 4.52. The van der Waals surface area contributed by atoms with Gasteiger partial charge in [0.05, 0.1) is 11.1 Å². The molecule has 0 saturated heterocycles. The van der Waals surface area contributed by atoms with E-state index in [0.717, 1.165) is 21.3 Å². The van der Waals surface area contributed by atoms with Crippen molar-refractivity contribution >= 4 is 11.7 Å². The molecule has 6 nitrogen and oxygen atoms in total. The first-order valence-corrected chi connectivity index (χ1v) is 7.38. The van der Waals surface area contributed by atoms with Crippen molar-refractivity contribution in [1.82, 2.24) is 9.13 Å². The lowest BCUT2D eigenvalue weighted by atomic mass is 9.86. The Balaban J connectivity index is 2.27. The van der Waals surface area contributed by atoms with E-state index in [-0.39, 0.29) is 23.4 Å². The van der Waals surface area contributed by atoms with Crippen molar-refractivity contribution < 1.29 is 18.0 Å². The number of carbonyl (C=O) groups is 1. The highest BCUT2D eigenvalue weighted by molar-refractivity contribution is 5.94. The molecule has 2 heterocycles. The van der Waals surface area contributed by atoms with E-state index in [9.17, 15) is 27.6 Å². The predicted molar refractivity (Wildman–Crippen MR) is 83.5 cm³/mol. The van der Waals surface area contributed by atoms with Crippen molar-refractivity contribution in [1.29, 1.82) is 0 Å². The first-order chi connectivity index (χ1) is 11.6. The zero-order valence-electron chi connectivity index (χ0n) is 13.3. The van der Waals surface area contributed by atoms with Crippen LogP contribution in [0.25, 0.3) is 0 Å². The van der Waals surface area contributed by atoms with Crippen molar-refractivity contribution in [2.75, 3.05) is 5.32 Å². The Morgan fingerprint density at radius 1 is 1.12 bits per heavy atom. The maximum Gasteiger partial charge on any atom is 0.416 e. The normalized spacial score (nSPS) is 17.2. The Hall–Kier alpha value is -2.84. The maximum absolute atomic E-state index is 13.0. The number of anilines is 1. The largest absolute Gasteiger partial charge is 0.416 e. The third-order valence-electron chi connectivity index (χ3n) is 4.31. The standard InChI is InChI=1S/C16H14F3N3O3/c1-21-13-12(14(24)22(2)15(21)25)10(7-11(23)20-13)8-4-3-5-9(6-8)16(17,18)19/h3-6,10H,7H2,1-2H3,(H,20,23)/t10-/m1/s1. The number of halogens is 3. The highest BCUT2D eigenvalue weighted by Crippen LogP contribution is 2.37. The number of alkyl halides is 3. The lowest BCUT2D eigenvalue weighted by Crippen LogP contribution is -2.44. The van der Waals surface area contributed by atoms with E-state index in [2.05, 4.69) is 5.32 Å². The van der Waals surface area contributed by atoms with Gasteiger partial charge in [0.15, 0.2) is 0 Å². The van der Waals surface area contributed by atoms with E-state index in [0.29, 0.717) is 0 Å². The molecule has 1 N–H and O–H groups in total. The van der Waals surface area contributed by atoms with Crippen LogP contribution in [-0.4, -0.2) is 15.0 Å². The van der Waals surface area contributed by atoms with Crippen LogP contribution in [0.3, 0.4) is 0 Å². The van der Waals surface area contributed by atoms with Gasteiger partial charge >= 0.3 is 11.9 Å². The van der Waals surface area contributed by atoms with E-state index in [1.54, 1.807) is 0 Å². The minimum Gasteiger partial charge on any atom is -0.312 e. The molecule has 0 saturated carbocycles. The lowest BCUT2D eigenvalue weighted by molar-refractivity contribution is -0.137. The average molecular weight is 353 g/mol. The molecule has 0 spiro atoms. The highest BCUT2D eigenvalue weighted by atomic mass is 19.4. The molecule has 0 unspecified atom stereocenters. The molecule has 2 aromatic rings. The van der Waals surface area contributed by atoms with Crippen LogP contribution in [0.1, 0.15) is 29.0 Å². The SMILES string of the molecule is Cn1c2c(c(=O)n(C)c1=O)[C@@H](c1cccc(C(F)(F)F)c1)CC(=O)N2. The summed E-state index contributed by atoms with van der Waals surface area (Å²) in [5.74, 6) is -1.32. The van der Waals surface area contributed by atoms with Gasteiger partial charge in [-0.05, 0) is 11.6 Å². The van der Waals surface area contributed by atoms with Crippen LogP contribution < -0.4 is 16.6 Å². The first-order valence-electron chi connectivity index (χ1n) is 7.38. The number of fused-ring (bicyclic) bond motifs is 1. The van der Waals surface area contributed by atoms with Gasteiger partial charge in [-0.3, -0.25) is 18.7 Å². The fraction of sp³-hybridized carbons (Fsp3) is 0.312. The summed E-state index contributed by atoms with van der Waals surface area (Å²) in [4.78, 5) is 36.6. The summed E-state index contributed by atoms with van der Waals surface area (Å²) in [6.45, 7) is 0. The first kappa shape index (κ1) is 17.0. The van der Waals surface area contributed by atoms with Crippen LogP contribution in [0, 0.1) is 0 Å². The van der Waals surface area contributed by atoms with E-state index in [1.165, 1.54) is 26.2 Å². The average Bonchev–Trinajstić information content (AvgIpc) is 2.56. The summed E-state index contributed by atoms with van der Waals surface area (Å²) in [5.41, 5.74) is -1.83. The van der Waals surface area contributed by atoms with Gasteiger partial charge in [0.2, 0.25) is 5.91 Å². The quantitative estimate of drug-likeness (QED) is 0.846.